The number of hydrogen-bond acceptors (Lipinski definition) is 2. The summed E-state index contributed by atoms with van der Waals surface area (Å²) in [5.41, 5.74) is 0. The third-order valence-corrected chi connectivity index (χ3v) is 3.99. The zero-order valence-corrected chi connectivity index (χ0v) is 6.28. The van der Waals surface area contributed by atoms with Gasteiger partial charge in [-0.3, -0.25) is 0 Å². The first kappa shape index (κ1) is 6.68. The Kier molecular flexibility index (Phi) is 2.35. The summed E-state index contributed by atoms with van der Waals surface area (Å²) in [6.45, 7) is 0. The Hall–Kier alpha value is 0.680. The van der Waals surface area contributed by atoms with Gasteiger partial charge in [0.1, 0.15) is 3.76 Å². The second-order valence-electron chi connectivity index (χ2n) is 1.03. The van der Waals surface area contributed by atoms with Gasteiger partial charge in [-0.25, -0.2) is 8.42 Å². The molecule has 0 aromatic heterocycles. The molecule has 4 heteroatoms. The summed E-state index contributed by atoms with van der Waals surface area (Å²) in [5.74, 6) is 0. The normalized spacial score (nSPS) is 11.7. The highest BCUT2D eigenvalue weighted by Crippen LogP contribution is 1.87. The van der Waals surface area contributed by atoms with Gasteiger partial charge >= 0.3 is 0 Å². The molecule has 38 valence electrons. The summed E-state index contributed by atoms with van der Waals surface area (Å²) in [5, 5.41) is 0. The predicted molar refractivity (Wildman–Crippen MR) is 33.7 cm³/mol. The Morgan fingerprint density at radius 3 is 1.83 bits per heavy atom. The van der Waals surface area contributed by atoms with Gasteiger partial charge in [0.25, 0.3) is 0 Å². The molecule has 0 aliphatic heterocycles. The Bertz CT molecular complexity index is 114. The fraction of sp³-hybridized carbons (Fsp3) is 1.00. The van der Waals surface area contributed by atoms with Crippen molar-refractivity contribution in [2.75, 3.05) is 10.0 Å². The minimum Gasteiger partial charge on any atom is -0.228 e. The summed E-state index contributed by atoms with van der Waals surface area (Å²) in [6.07, 6.45) is 1.21. The van der Waals surface area contributed by atoms with Crippen LogP contribution in [0.4, 0.5) is 0 Å². The number of rotatable bonds is 1. The second kappa shape index (κ2) is 2.11. The maximum atomic E-state index is 9.99. The van der Waals surface area contributed by atoms with Crippen molar-refractivity contribution < 1.29 is 8.42 Å². The smallest absolute Gasteiger partial charge is 0.156 e. The van der Waals surface area contributed by atoms with Crippen LogP contribution in [0.1, 0.15) is 0 Å². The van der Waals surface area contributed by atoms with Gasteiger partial charge in [0.05, 0.1) is 0 Å². The Morgan fingerprint density at radius 1 is 1.67 bits per heavy atom. The molecule has 0 radical (unpaired) electrons. The van der Waals surface area contributed by atoms with Crippen LogP contribution in [-0.4, -0.2) is 18.4 Å². The third kappa shape index (κ3) is 4.68. The van der Waals surface area contributed by atoms with Crippen LogP contribution in [0, 0.1) is 0 Å². The molecule has 0 saturated carbocycles. The van der Waals surface area contributed by atoms with E-state index in [0.29, 0.717) is 0 Å². The summed E-state index contributed by atoms with van der Waals surface area (Å²) in [7, 11) is -2.68. The van der Waals surface area contributed by atoms with E-state index in [1.54, 1.807) is 22.6 Å². The zero-order valence-electron chi connectivity index (χ0n) is 3.31. The molecule has 0 aromatic carbocycles. The van der Waals surface area contributed by atoms with Crippen LogP contribution in [0.25, 0.3) is 0 Å². The maximum absolute atomic E-state index is 9.99. The fourth-order valence-electron chi connectivity index (χ4n) is 0. The third-order valence-electron chi connectivity index (χ3n) is 0.198. The predicted octanol–water partition coefficient (Wildman–Crippen LogP) is 0.424. The van der Waals surface area contributed by atoms with Crippen LogP contribution in [0.2, 0.25) is 0 Å². The molecule has 0 spiro atoms. The van der Waals surface area contributed by atoms with E-state index in [1.165, 1.54) is 6.26 Å². The van der Waals surface area contributed by atoms with Gasteiger partial charge in [-0.2, -0.15) is 0 Å². The molecule has 0 amide bonds. The lowest BCUT2D eigenvalue weighted by molar-refractivity contribution is 0.607. The summed E-state index contributed by atoms with van der Waals surface area (Å²) >= 11 is 1.81. The van der Waals surface area contributed by atoms with Gasteiger partial charge in [-0.05, 0) is 0 Å². The minimum absolute atomic E-state index is 0.213. The standard InChI is InChI=1S/C2H5IO2S/c1-6(4,5)2-3/h2H2,1H3. The highest BCUT2D eigenvalue weighted by Gasteiger charge is 1.92. The number of hydrogen-bond donors (Lipinski definition) is 0. The lowest BCUT2D eigenvalue weighted by Gasteiger charge is -1.79. The monoisotopic (exact) mass is 220 g/mol. The van der Waals surface area contributed by atoms with Crippen molar-refractivity contribution >= 4 is 32.4 Å². The summed E-state index contributed by atoms with van der Waals surface area (Å²) in [4.78, 5) is 0. The molecular weight excluding hydrogens is 215 g/mol. The van der Waals surface area contributed by atoms with Crippen LogP contribution < -0.4 is 0 Å². The van der Waals surface area contributed by atoms with Crippen molar-refractivity contribution in [1.29, 1.82) is 0 Å². The van der Waals surface area contributed by atoms with E-state index in [0.717, 1.165) is 0 Å². The van der Waals surface area contributed by atoms with E-state index in [-0.39, 0.29) is 3.76 Å². The van der Waals surface area contributed by atoms with Crippen molar-refractivity contribution in [3.8, 4) is 0 Å². The first-order valence-electron chi connectivity index (χ1n) is 1.30. The Balaban J connectivity index is 3.85. The van der Waals surface area contributed by atoms with E-state index in [9.17, 15) is 8.42 Å². The van der Waals surface area contributed by atoms with Gasteiger partial charge < -0.3 is 0 Å². The van der Waals surface area contributed by atoms with Crippen LogP contribution in [0.15, 0.2) is 0 Å². The number of sulfone groups is 1. The number of halogens is 1. The van der Waals surface area contributed by atoms with Crippen LogP contribution >= 0.6 is 22.6 Å². The quantitative estimate of drug-likeness (QED) is 0.474. The van der Waals surface area contributed by atoms with E-state index in [1.807, 2.05) is 0 Å². The molecule has 0 rings (SSSR count). The van der Waals surface area contributed by atoms with Crippen molar-refractivity contribution in [3.63, 3.8) is 0 Å². The Labute approximate surface area is 51.0 Å². The van der Waals surface area contributed by atoms with E-state index in [2.05, 4.69) is 0 Å². The molecule has 0 fully saturated rings. The minimum atomic E-state index is -2.68. The summed E-state index contributed by atoms with van der Waals surface area (Å²) in [6, 6.07) is 0. The van der Waals surface area contributed by atoms with E-state index < -0.39 is 9.84 Å². The zero-order chi connectivity index (χ0) is 5.21. The molecule has 6 heavy (non-hydrogen) atoms. The van der Waals surface area contributed by atoms with Gasteiger partial charge in [0.15, 0.2) is 9.84 Å². The molecule has 0 saturated heterocycles. The molecule has 2 nitrogen and oxygen atoms in total. The molecular formula is C2H5IO2S. The van der Waals surface area contributed by atoms with E-state index in [4.69, 9.17) is 0 Å². The van der Waals surface area contributed by atoms with Crippen molar-refractivity contribution in [3.05, 3.63) is 0 Å². The van der Waals surface area contributed by atoms with Crippen LogP contribution in [0.5, 0.6) is 0 Å². The highest BCUT2D eigenvalue weighted by atomic mass is 127. The van der Waals surface area contributed by atoms with Gasteiger partial charge in [-0.1, -0.05) is 22.6 Å². The lowest BCUT2D eigenvalue weighted by atomic mass is 11.9. The average molecular weight is 220 g/mol. The van der Waals surface area contributed by atoms with Gasteiger partial charge in [0, 0.05) is 6.26 Å². The SMILES string of the molecule is CS(=O)(=O)CI. The maximum Gasteiger partial charge on any atom is 0.156 e. The molecule has 0 heterocycles. The second-order valence-corrected chi connectivity index (χ2v) is 4.97. The van der Waals surface area contributed by atoms with Crippen LogP contribution in [0.3, 0.4) is 0 Å². The molecule has 0 bridgehead atoms. The lowest BCUT2D eigenvalue weighted by Crippen LogP contribution is -1.93. The summed E-state index contributed by atoms with van der Waals surface area (Å²) < 4.78 is 20.2. The topological polar surface area (TPSA) is 34.1 Å². The molecule has 0 atom stereocenters. The molecule has 0 aliphatic rings. The average Bonchev–Trinajstić information content (AvgIpc) is 1.35. The first-order valence-corrected chi connectivity index (χ1v) is 4.88. The molecule has 0 N–H and O–H groups in total. The van der Waals surface area contributed by atoms with Gasteiger partial charge in [0.2, 0.25) is 0 Å². The first-order chi connectivity index (χ1) is 2.56. The van der Waals surface area contributed by atoms with Crippen LogP contribution in [-0.2, 0) is 9.84 Å². The van der Waals surface area contributed by atoms with Crippen molar-refractivity contribution in [2.24, 2.45) is 0 Å². The van der Waals surface area contributed by atoms with Gasteiger partial charge in [-0.15, -0.1) is 0 Å². The largest absolute Gasteiger partial charge is 0.228 e. The molecule has 0 aromatic rings. The molecule has 0 aliphatic carbocycles. The highest BCUT2D eigenvalue weighted by molar-refractivity contribution is 14.1. The molecule has 0 unspecified atom stereocenters. The number of alkyl halides is 1. The van der Waals surface area contributed by atoms with E-state index >= 15 is 0 Å². The van der Waals surface area contributed by atoms with Crippen molar-refractivity contribution in [1.82, 2.24) is 0 Å². The van der Waals surface area contributed by atoms with Crippen molar-refractivity contribution in [2.45, 2.75) is 0 Å². The fourth-order valence-corrected chi connectivity index (χ4v) is 0. The Morgan fingerprint density at radius 2 is 1.83 bits per heavy atom.